The molecule has 3 rings (SSSR count). The minimum absolute atomic E-state index is 0.00766. The summed E-state index contributed by atoms with van der Waals surface area (Å²) in [6, 6.07) is 9.23. The van der Waals surface area contributed by atoms with Crippen LogP contribution in [0.25, 0.3) is 0 Å². The molecule has 0 atom stereocenters. The number of anilines is 2. The van der Waals surface area contributed by atoms with Crippen molar-refractivity contribution in [3.05, 3.63) is 52.1 Å². The van der Waals surface area contributed by atoms with Gasteiger partial charge in [-0.05, 0) is 35.2 Å². The van der Waals surface area contributed by atoms with Crippen molar-refractivity contribution in [2.75, 3.05) is 51.6 Å². The number of rotatable bonds is 8. The first-order valence-electron chi connectivity index (χ1n) is 11.7. The summed E-state index contributed by atoms with van der Waals surface area (Å²) in [5.41, 5.74) is 4.39. The Hall–Kier alpha value is -4.06. The van der Waals surface area contributed by atoms with Crippen molar-refractivity contribution in [2.24, 2.45) is 0 Å². The van der Waals surface area contributed by atoms with Gasteiger partial charge in [-0.3, -0.25) is 15.0 Å². The van der Waals surface area contributed by atoms with Crippen LogP contribution in [0.4, 0.5) is 11.4 Å². The summed E-state index contributed by atoms with van der Waals surface area (Å²) in [5.74, 6) is 0.434. The molecule has 0 saturated heterocycles. The van der Waals surface area contributed by atoms with Gasteiger partial charge in [-0.15, -0.1) is 0 Å². The molecule has 0 unspecified atom stereocenters. The number of ether oxygens (including phenoxy) is 1. The van der Waals surface area contributed by atoms with E-state index in [0.717, 1.165) is 16.8 Å². The third kappa shape index (κ3) is 5.13. The summed E-state index contributed by atoms with van der Waals surface area (Å²) in [5, 5.41) is 23.5. The molecule has 0 radical (unpaired) electrons. The number of fused-ring (bicyclic) bond motifs is 1. The normalized spacial score (nSPS) is 12.6. The van der Waals surface area contributed by atoms with Gasteiger partial charge in [0.2, 0.25) is 0 Å². The second-order valence-corrected chi connectivity index (χ2v) is 9.99. The van der Waals surface area contributed by atoms with E-state index in [1.54, 1.807) is 31.2 Å². The number of methoxy groups -OCH3 is 1. The van der Waals surface area contributed by atoms with Crippen molar-refractivity contribution in [2.45, 2.75) is 32.7 Å². The second kappa shape index (κ2) is 10.3. The zero-order valence-electron chi connectivity index (χ0n) is 22.0. The quantitative estimate of drug-likeness (QED) is 0.383. The Kier molecular flexibility index (Phi) is 7.58. The van der Waals surface area contributed by atoms with Gasteiger partial charge < -0.3 is 25.2 Å². The van der Waals surface area contributed by atoms with E-state index in [1.807, 2.05) is 51.9 Å². The monoisotopic (exact) mass is 490 g/mol. The highest BCUT2D eigenvalue weighted by Gasteiger charge is 2.30. The van der Waals surface area contributed by atoms with E-state index in [9.17, 15) is 9.59 Å². The van der Waals surface area contributed by atoms with Crippen LogP contribution in [0, 0.1) is 16.7 Å². The van der Waals surface area contributed by atoms with Gasteiger partial charge in [-0.1, -0.05) is 20.8 Å². The Morgan fingerprint density at radius 1 is 1.22 bits per heavy atom. The van der Waals surface area contributed by atoms with Crippen molar-refractivity contribution < 1.29 is 14.3 Å². The number of benzene rings is 2. The van der Waals surface area contributed by atoms with Crippen molar-refractivity contribution in [3.63, 3.8) is 0 Å². The van der Waals surface area contributed by atoms with Crippen LogP contribution in [-0.2, 0) is 12.0 Å². The van der Waals surface area contributed by atoms with Crippen molar-refractivity contribution in [3.8, 4) is 11.8 Å². The highest BCUT2D eigenvalue weighted by Crippen LogP contribution is 2.38. The van der Waals surface area contributed by atoms with Gasteiger partial charge in [-0.2, -0.15) is 5.26 Å². The predicted octanol–water partition coefficient (Wildman–Crippen LogP) is 3.38. The molecule has 3 N–H and O–H groups in total. The number of carbonyl (C=O) groups excluding carboxylic acids is 2. The number of amidine groups is 1. The lowest BCUT2D eigenvalue weighted by molar-refractivity contribution is 0.0955. The zero-order chi connectivity index (χ0) is 26.8. The highest BCUT2D eigenvalue weighted by molar-refractivity contribution is 6.08. The minimum atomic E-state index is -0.305. The molecule has 9 heteroatoms. The van der Waals surface area contributed by atoms with Gasteiger partial charge in [0, 0.05) is 50.1 Å². The van der Waals surface area contributed by atoms with Gasteiger partial charge in [0.05, 0.1) is 31.0 Å². The smallest absolute Gasteiger partial charge is 0.253 e. The van der Waals surface area contributed by atoms with Crippen LogP contribution < -0.4 is 20.3 Å². The maximum absolute atomic E-state index is 13.5. The number of nitrogens with one attached hydrogen (secondary N) is 3. The zero-order valence-corrected chi connectivity index (χ0v) is 22.0. The number of nitrogens with zero attached hydrogens (tertiary/aromatic N) is 3. The van der Waals surface area contributed by atoms with Gasteiger partial charge in [0.1, 0.15) is 18.1 Å². The average Bonchev–Trinajstić information content (AvgIpc) is 3.14. The molecule has 0 aromatic heterocycles. The summed E-state index contributed by atoms with van der Waals surface area (Å²) < 4.78 is 5.63. The van der Waals surface area contributed by atoms with Gasteiger partial charge in [-0.25, -0.2) is 0 Å². The van der Waals surface area contributed by atoms with Gasteiger partial charge in [0.25, 0.3) is 5.91 Å². The third-order valence-corrected chi connectivity index (χ3v) is 6.22. The molecule has 2 aromatic carbocycles. The summed E-state index contributed by atoms with van der Waals surface area (Å²) in [7, 11) is 6.88. The molecule has 190 valence electrons. The number of nitriles is 1. The molecule has 2 aromatic rings. The van der Waals surface area contributed by atoms with E-state index in [1.165, 1.54) is 0 Å². The van der Waals surface area contributed by atoms with E-state index in [4.69, 9.17) is 15.4 Å². The lowest BCUT2D eigenvalue weighted by Gasteiger charge is -2.25. The van der Waals surface area contributed by atoms with E-state index >= 15 is 0 Å². The molecule has 1 aliphatic heterocycles. The lowest BCUT2D eigenvalue weighted by atomic mass is 9.84. The summed E-state index contributed by atoms with van der Waals surface area (Å²) >= 11 is 0. The Bertz CT molecular complexity index is 1250. The number of Topliss-reactive ketones (excluding diaryl/α,β-unsaturated/α-hetero) is 1. The number of hydrogen-bond donors (Lipinski definition) is 3. The van der Waals surface area contributed by atoms with Crippen molar-refractivity contribution in [1.82, 2.24) is 10.2 Å². The summed E-state index contributed by atoms with van der Waals surface area (Å²) in [4.78, 5) is 29.5. The molecule has 1 aliphatic rings. The van der Waals surface area contributed by atoms with Crippen LogP contribution in [-0.4, -0.2) is 63.8 Å². The van der Waals surface area contributed by atoms with Crippen LogP contribution in [0.3, 0.4) is 0 Å². The fraction of sp³-hybridized carbons (Fsp3) is 0.407. The van der Waals surface area contributed by atoms with E-state index < -0.39 is 0 Å². The molecule has 9 nitrogen and oxygen atoms in total. The van der Waals surface area contributed by atoms with Crippen LogP contribution in [0.1, 0.15) is 58.2 Å². The molecule has 0 bridgehead atoms. The molecular weight excluding hydrogens is 456 g/mol. The second-order valence-electron chi connectivity index (χ2n) is 9.99. The fourth-order valence-corrected chi connectivity index (χ4v) is 4.36. The van der Waals surface area contributed by atoms with Crippen molar-refractivity contribution >= 4 is 28.9 Å². The lowest BCUT2D eigenvalue weighted by Crippen LogP contribution is -2.30. The number of amides is 1. The molecule has 0 saturated carbocycles. The Morgan fingerprint density at radius 3 is 2.47 bits per heavy atom. The minimum Gasteiger partial charge on any atom is -0.494 e. The van der Waals surface area contributed by atoms with Gasteiger partial charge >= 0.3 is 0 Å². The molecule has 1 amide bonds. The first kappa shape index (κ1) is 26.5. The van der Waals surface area contributed by atoms with E-state index in [-0.39, 0.29) is 36.0 Å². The van der Waals surface area contributed by atoms with Crippen molar-refractivity contribution in [1.29, 1.82) is 10.7 Å². The largest absolute Gasteiger partial charge is 0.494 e. The van der Waals surface area contributed by atoms with Crippen LogP contribution >= 0.6 is 0 Å². The predicted molar refractivity (Wildman–Crippen MR) is 142 cm³/mol. The average molecular weight is 491 g/mol. The Morgan fingerprint density at radius 2 is 1.92 bits per heavy atom. The molecule has 0 aliphatic carbocycles. The SMILES string of the molecule is CNC(=O)c1cc2c(cc1N(C)C)CN(CC(=O)c1cc(NCC#N)c(OC)c(C(C)(C)C)c1)C2=N. The van der Waals surface area contributed by atoms with E-state index in [0.29, 0.717) is 34.7 Å². The number of carbonyl (C=O) groups is 2. The Labute approximate surface area is 212 Å². The molecular formula is C27H34N6O3. The topological polar surface area (TPSA) is 122 Å². The third-order valence-electron chi connectivity index (χ3n) is 6.22. The molecule has 1 heterocycles. The maximum Gasteiger partial charge on any atom is 0.253 e. The highest BCUT2D eigenvalue weighted by atomic mass is 16.5. The van der Waals surface area contributed by atoms with Crippen LogP contribution in [0.2, 0.25) is 0 Å². The summed E-state index contributed by atoms with van der Waals surface area (Å²) in [6.45, 7) is 6.58. The standard InChI is InChI=1S/C27H34N6O3/c1-27(2,3)20-10-16(11-21(24(20)36-7)31-9-8-28)23(34)15-33-14-17-12-22(32(5)6)19(26(35)30-4)13-18(17)25(33)29/h10-13,29,31H,9,14-15H2,1-7H3,(H,30,35). The van der Waals surface area contributed by atoms with E-state index in [2.05, 4.69) is 16.7 Å². The number of ketones is 1. The Balaban J connectivity index is 1.95. The molecule has 0 fully saturated rings. The molecule has 36 heavy (non-hydrogen) atoms. The number of hydrogen-bond acceptors (Lipinski definition) is 7. The first-order valence-corrected chi connectivity index (χ1v) is 11.7. The first-order chi connectivity index (χ1) is 16.9. The summed E-state index contributed by atoms with van der Waals surface area (Å²) in [6.07, 6.45) is 0. The molecule has 0 spiro atoms. The maximum atomic E-state index is 13.5. The van der Waals surface area contributed by atoms with Crippen LogP contribution in [0.15, 0.2) is 24.3 Å². The van der Waals surface area contributed by atoms with Crippen LogP contribution in [0.5, 0.6) is 5.75 Å². The van der Waals surface area contributed by atoms with Gasteiger partial charge in [0.15, 0.2) is 5.78 Å². The fourth-order valence-electron chi connectivity index (χ4n) is 4.36.